The highest BCUT2D eigenvalue weighted by molar-refractivity contribution is 7.17. The Morgan fingerprint density at radius 1 is 1.44 bits per heavy atom. The zero-order valence-corrected chi connectivity index (χ0v) is 11.4. The fraction of sp³-hybridized carbons (Fsp3) is 0.273. The highest BCUT2D eigenvalue weighted by atomic mass is 35.5. The first-order chi connectivity index (χ1) is 8.61. The van der Waals surface area contributed by atoms with Gasteiger partial charge in [0.1, 0.15) is 20.7 Å². The lowest BCUT2D eigenvalue weighted by Gasteiger charge is -1.97. The highest BCUT2D eigenvalue weighted by Crippen LogP contribution is 2.27. The molecule has 2 aromatic rings. The molecule has 0 aliphatic carbocycles. The Morgan fingerprint density at radius 3 is 2.89 bits per heavy atom. The third-order valence-electron chi connectivity index (χ3n) is 2.08. The van der Waals surface area contributed by atoms with E-state index in [0.717, 1.165) is 0 Å². The Bertz CT molecular complexity index is 585. The molecule has 0 N–H and O–H groups in total. The molecule has 0 fully saturated rings. The molecule has 2 aromatic heterocycles. The molecule has 94 valence electrons. The summed E-state index contributed by atoms with van der Waals surface area (Å²) in [6.45, 7) is 3.85. The van der Waals surface area contributed by atoms with E-state index in [9.17, 15) is 4.79 Å². The molecule has 0 amide bonds. The first kappa shape index (κ1) is 12.9. The van der Waals surface area contributed by atoms with E-state index in [4.69, 9.17) is 16.3 Å². The van der Waals surface area contributed by atoms with Gasteiger partial charge in [-0.2, -0.15) is 0 Å². The smallest absolute Gasteiger partial charge is 0.350 e. The molecule has 2 heterocycles. The van der Waals surface area contributed by atoms with Crippen LogP contribution in [0.25, 0.3) is 10.7 Å². The number of carbonyl (C=O) groups excluding carboxylic acids is 1. The first-order valence-electron chi connectivity index (χ1n) is 5.24. The zero-order chi connectivity index (χ0) is 13.1. The van der Waals surface area contributed by atoms with E-state index in [0.29, 0.717) is 27.9 Å². The van der Waals surface area contributed by atoms with Gasteiger partial charge in [0.15, 0.2) is 0 Å². The quantitative estimate of drug-likeness (QED) is 0.811. The molecule has 5 nitrogen and oxygen atoms in total. The molecule has 0 spiro atoms. The summed E-state index contributed by atoms with van der Waals surface area (Å²) in [6, 6.07) is 0. The lowest BCUT2D eigenvalue weighted by molar-refractivity contribution is 0.0531. The Kier molecular flexibility index (Phi) is 3.88. The number of ether oxygens (including phenoxy) is 1. The number of hydrogen-bond acceptors (Lipinski definition) is 6. The number of nitrogens with zero attached hydrogens (tertiary/aromatic N) is 3. The van der Waals surface area contributed by atoms with Crippen LogP contribution in [0.1, 0.15) is 22.3 Å². The third-order valence-corrected chi connectivity index (χ3v) is 3.42. The predicted molar refractivity (Wildman–Crippen MR) is 68.8 cm³/mol. The molecule has 0 aliphatic heterocycles. The van der Waals surface area contributed by atoms with Gasteiger partial charge in [-0.1, -0.05) is 11.6 Å². The van der Waals surface area contributed by atoms with E-state index >= 15 is 0 Å². The van der Waals surface area contributed by atoms with Crippen molar-refractivity contribution in [3.05, 3.63) is 28.1 Å². The van der Waals surface area contributed by atoms with E-state index in [1.165, 1.54) is 17.5 Å². The van der Waals surface area contributed by atoms with Gasteiger partial charge in [-0.15, -0.1) is 11.3 Å². The van der Waals surface area contributed by atoms with Gasteiger partial charge in [0.2, 0.25) is 0 Å². The fourth-order valence-electron chi connectivity index (χ4n) is 1.34. The Hall–Kier alpha value is -1.53. The fourth-order valence-corrected chi connectivity index (χ4v) is 2.40. The standard InChI is InChI=1S/C11H10ClN3O2S/c1-3-17-11(16)9-6(2)14-10(18-9)7-4-13-5-8(12)15-7/h4-5H,3H2,1-2H3. The van der Waals surface area contributed by atoms with Gasteiger partial charge >= 0.3 is 5.97 Å². The maximum atomic E-state index is 11.7. The molecule has 2 rings (SSSR count). The van der Waals surface area contributed by atoms with Gasteiger partial charge in [0.05, 0.1) is 24.7 Å². The normalized spacial score (nSPS) is 10.4. The lowest BCUT2D eigenvalue weighted by atomic mass is 10.4. The monoisotopic (exact) mass is 283 g/mol. The van der Waals surface area contributed by atoms with E-state index in [1.54, 1.807) is 20.0 Å². The van der Waals surface area contributed by atoms with Crippen molar-refractivity contribution in [3.8, 4) is 10.7 Å². The second kappa shape index (κ2) is 5.41. The number of rotatable bonds is 3. The summed E-state index contributed by atoms with van der Waals surface area (Å²) in [5.41, 5.74) is 1.17. The maximum Gasteiger partial charge on any atom is 0.350 e. The van der Waals surface area contributed by atoms with Gasteiger partial charge in [-0.05, 0) is 13.8 Å². The molecule has 0 saturated carbocycles. The van der Waals surface area contributed by atoms with Crippen molar-refractivity contribution in [2.75, 3.05) is 6.61 Å². The number of aromatic nitrogens is 3. The Balaban J connectivity index is 2.37. The molecule has 0 bridgehead atoms. The van der Waals surface area contributed by atoms with Crippen LogP contribution in [0, 0.1) is 6.92 Å². The topological polar surface area (TPSA) is 65.0 Å². The lowest BCUT2D eigenvalue weighted by Crippen LogP contribution is -2.03. The highest BCUT2D eigenvalue weighted by Gasteiger charge is 2.17. The van der Waals surface area contributed by atoms with Crippen molar-refractivity contribution in [2.45, 2.75) is 13.8 Å². The molecule has 0 unspecified atom stereocenters. The molecule has 0 aromatic carbocycles. The summed E-state index contributed by atoms with van der Waals surface area (Å²) in [6.07, 6.45) is 3.00. The van der Waals surface area contributed by atoms with Crippen LogP contribution in [0.3, 0.4) is 0 Å². The number of carbonyl (C=O) groups is 1. The predicted octanol–water partition coefficient (Wildman–Crippen LogP) is 2.74. The minimum Gasteiger partial charge on any atom is -0.462 e. The van der Waals surface area contributed by atoms with E-state index in [-0.39, 0.29) is 11.1 Å². The minimum absolute atomic E-state index is 0.290. The summed E-state index contributed by atoms with van der Waals surface area (Å²) in [4.78, 5) is 24.5. The average molecular weight is 284 g/mol. The van der Waals surface area contributed by atoms with Crippen molar-refractivity contribution < 1.29 is 9.53 Å². The largest absolute Gasteiger partial charge is 0.462 e. The van der Waals surface area contributed by atoms with Crippen molar-refractivity contribution >= 4 is 28.9 Å². The van der Waals surface area contributed by atoms with Gasteiger partial charge in [0, 0.05) is 0 Å². The van der Waals surface area contributed by atoms with Crippen LogP contribution in [-0.2, 0) is 4.74 Å². The molecule has 7 heteroatoms. The van der Waals surface area contributed by atoms with E-state index < -0.39 is 0 Å². The minimum atomic E-state index is -0.367. The molecule has 0 atom stereocenters. The van der Waals surface area contributed by atoms with Crippen LogP contribution >= 0.6 is 22.9 Å². The van der Waals surface area contributed by atoms with Crippen LogP contribution in [0.4, 0.5) is 0 Å². The molecule has 0 aliphatic rings. The van der Waals surface area contributed by atoms with Gasteiger partial charge in [-0.3, -0.25) is 4.98 Å². The average Bonchev–Trinajstić information content (AvgIpc) is 2.72. The van der Waals surface area contributed by atoms with Crippen molar-refractivity contribution in [1.29, 1.82) is 0 Å². The Labute approximate surface area is 113 Å². The van der Waals surface area contributed by atoms with Crippen molar-refractivity contribution in [1.82, 2.24) is 15.0 Å². The second-order valence-electron chi connectivity index (χ2n) is 3.38. The van der Waals surface area contributed by atoms with Gasteiger partial charge in [0.25, 0.3) is 0 Å². The number of thiazole rings is 1. The number of esters is 1. The summed E-state index contributed by atoms with van der Waals surface area (Å²) in [5, 5.41) is 0.892. The molecule has 0 radical (unpaired) electrons. The zero-order valence-electron chi connectivity index (χ0n) is 9.81. The molecule has 18 heavy (non-hydrogen) atoms. The van der Waals surface area contributed by atoms with Crippen LogP contribution in [0.2, 0.25) is 5.15 Å². The van der Waals surface area contributed by atoms with E-state index in [2.05, 4.69) is 15.0 Å². The number of halogens is 1. The Morgan fingerprint density at radius 2 is 2.22 bits per heavy atom. The van der Waals surface area contributed by atoms with Crippen molar-refractivity contribution in [2.24, 2.45) is 0 Å². The van der Waals surface area contributed by atoms with Gasteiger partial charge < -0.3 is 4.74 Å². The van der Waals surface area contributed by atoms with Crippen LogP contribution in [0.5, 0.6) is 0 Å². The van der Waals surface area contributed by atoms with Crippen LogP contribution in [-0.4, -0.2) is 27.5 Å². The number of hydrogen-bond donors (Lipinski definition) is 0. The SMILES string of the molecule is CCOC(=O)c1sc(-c2cncc(Cl)n2)nc1C. The van der Waals surface area contributed by atoms with E-state index in [1.807, 2.05) is 0 Å². The summed E-state index contributed by atoms with van der Waals surface area (Å²) >= 11 is 6.99. The van der Waals surface area contributed by atoms with Crippen molar-refractivity contribution in [3.63, 3.8) is 0 Å². The van der Waals surface area contributed by atoms with Crippen LogP contribution < -0.4 is 0 Å². The van der Waals surface area contributed by atoms with Crippen LogP contribution in [0.15, 0.2) is 12.4 Å². The second-order valence-corrected chi connectivity index (χ2v) is 4.77. The first-order valence-corrected chi connectivity index (χ1v) is 6.43. The maximum absolute atomic E-state index is 11.7. The molecule has 0 saturated heterocycles. The summed E-state index contributed by atoms with van der Waals surface area (Å²) < 4.78 is 4.95. The summed E-state index contributed by atoms with van der Waals surface area (Å²) in [5.74, 6) is -0.367. The number of aryl methyl sites for hydroxylation is 1. The molecular weight excluding hydrogens is 274 g/mol. The third kappa shape index (κ3) is 2.65. The van der Waals surface area contributed by atoms with Gasteiger partial charge in [-0.25, -0.2) is 14.8 Å². The molecular formula is C11H10ClN3O2S. The summed E-state index contributed by atoms with van der Waals surface area (Å²) in [7, 11) is 0.